The molecule has 1 aliphatic rings. The molecule has 9 atom stereocenters. The standard InChI is InChI=1S/C12H24O12S2/c13-1-5(15)9(19)11(24-26(21,22)23)8(18)4-25-3-7(17)10(20)12(25)6(16)2-14/h5-20H,1-4H2/p+1/t5-,6-,7-,8+,9-,10-,11-,12+,25?/m1/s1. The first kappa shape index (κ1) is 23.9. The van der Waals surface area contributed by atoms with Crippen molar-refractivity contribution in [1.82, 2.24) is 0 Å². The van der Waals surface area contributed by atoms with Crippen LogP contribution in [0.15, 0.2) is 0 Å². The van der Waals surface area contributed by atoms with Crippen LogP contribution in [0.3, 0.4) is 0 Å². The van der Waals surface area contributed by atoms with Crippen LogP contribution in [0.1, 0.15) is 0 Å². The lowest BCUT2D eigenvalue weighted by Crippen LogP contribution is -2.52. The first-order chi connectivity index (χ1) is 11.9. The second-order valence-electron chi connectivity index (χ2n) is 5.94. The van der Waals surface area contributed by atoms with E-state index in [2.05, 4.69) is 4.18 Å². The summed E-state index contributed by atoms with van der Waals surface area (Å²) >= 11 is 0. The predicted molar refractivity (Wildman–Crippen MR) is 87.5 cm³/mol. The maximum absolute atomic E-state index is 10.9. The third-order valence-electron chi connectivity index (χ3n) is 3.98. The molecule has 0 bridgehead atoms. The summed E-state index contributed by atoms with van der Waals surface area (Å²) in [7, 11) is -6.28. The molecule has 12 nitrogen and oxygen atoms in total. The molecule has 1 saturated heterocycles. The van der Waals surface area contributed by atoms with Crippen LogP contribution in [0.4, 0.5) is 0 Å². The summed E-state index contributed by atoms with van der Waals surface area (Å²) in [6, 6.07) is 0. The Morgan fingerprint density at radius 2 is 1.62 bits per heavy atom. The fourth-order valence-electron chi connectivity index (χ4n) is 2.71. The highest BCUT2D eigenvalue weighted by atomic mass is 32.3. The van der Waals surface area contributed by atoms with Gasteiger partial charge in [0.05, 0.1) is 13.2 Å². The highest BCUT2D eigenvalue weighted by Gasteiger charge is 2.54. The van der Waals surface area contributed by atoms with Gasteiger partial charge in [-0.05, 0) is 0 Å². The molecule has 0 saturated carbocycles. The molecule has 156 valence electrons. The van der Waals surface area contributed by atoms with Crippen LogP contribution in [0.2, 0.25) is 0 Å². The Morgan fingerprint density at radius 1 is 1.04 bits per heavy atom. The zero-order valence-corrected chi connectivity index (χ0v) is 15.1. The summed E-state index contributed by atoms with van der Waals surface area (Å²) in [6.45, 7) is -1.72. The monoisotopic (exact) mass is 425 g/mol. The minimum atomic E-state index is -5.14. The zero-order chi connectivity index (χ0) is 20.2. The first-order valence-electron chi connectivity index (χ1n) is 7.55. The van der Waals surface area contributed by atoms with Crippen molar-refractivity contribution in [3.63, 3.8) is 0 Å². The third kappa shape index (κ3) is 6.22. The number of aliphatic hydroxyl groups excluding tert-OH is 8. The maximum Gasteiger partial charge on any atom is 0.397 e. The highest BCUT2D eigenvalue weighted by Crippen LogP contribution is 2.28. The fraction of sp³-hybridized carbons (Fsp3) is 1.00. The lowest BCUT2D eigenvalue weighted by Gasteiger charge is -2.28. The zero-order valence-electron chi connectivity index (χ0n) is 13.5. The van der Waals surface area contributed by atoms with E-state index in [0.717, 1.165) is 0 Å². The van der Waals surface area contributed by atoms with Gasteiger partial charge in [0.2, 0.25) is 0 Å². The van der Waals surface area contributed by atoms with Gasteiger partial charge >= 0.3 is 10.4 Å². The van der Waals surface area contributed by atoms with Crippen LogP contribution < -0.4 is 0 Å². The van der Waals surface area contributed by atoms with E-state index in [-0.39, 0.29) is 5.75 Å². The van der Waals surface area contributed by atoms with E-state index in [1.54, 1.807) is 0 Å². The molecule has 0 aromatic heterocycles. The average Bonchev–Trinajstić information content (AvgIpc) is 2.83. The molecule has 1 aliphatic heterocycles. The number of hydrogen-bond donors (Lipinski definition) is 9. The largest absolute Gasteiger partial charge is 0.397 e. The Bertz CT molecular complexity index is 530. The van der Waals surface area contributed by atoms with Crippen molar-refractivity contribution in [2.45, 2.75) is 48.0 Å². The van der Waals surface area contributed by atoms with E-state index in [1.807, 2.05) is 0 Å². The van der Waals surface area contributed by atoms with Crippen LogP contribution in [0, 0.1) is 0 Å². The lowest BCUT2D eigenvalue weighted by atomic mass is 10.0. The van der Waals surface area contributed by atoms with Crippen molar-refractivity contribution in [2.75, 3.05) is 24.7 Å². The van der Waals surface area contributed by atoms with Gasteiger partial charge in [-0.15, -0.1) is 0 Å². The number of aliphatic hydroxyl groups is 8. The van der Waals surface area contributed by atoms with Crippen molar-refractivity contribution >= 4 is 21.3 Å². The van der Waals surface area contributed by atoms with Gasteiger partial charge in [0.1, 0.15) is 54.2 Å². The lowest BCUT2D eigenvalue weighted by molar-refractivity contribution is -0.1000. The van der Waals surface area contributed by atoms with Gasteiger partial charge in [-0.1, -0.05) is 0 Å². The summed E-state index contributed by atoms with van der Waals surface area (Å²) < 4.78 is 34.9. The minimum Gasteiger partial charge on any atom is -0.394 e. The van der Waals surface area contributed by atoms with Crippen molar-refractivity contribution in [2.24, 2.45) is 0 Å². The van der Waals surface area contributed by atoms with Gasteiger partial charge in [-0.25, -0.2) is 4.18 Å². The second kappa shape index (κ2) is 9.90. The molecule has 9 N–H and O–H groups in total. The van der Waals surface area contributed by atoms with Crippen molar-refractivity contribution in [1.29, 1.82) is 0 Å². The molecule has 1 unspecified atom stereocenters. The first-order valence-corrected chi connectivity index (χ1v) is 10.5. The molecule has 0 aromatic carbocycles. The molecule has 0 amide bonds. The van der Waals surface area contributed by atoms with Crippen LogP contribution in [0.25, 0.3) is 0 Å². The van der Waals surface area contributed by atoms with Crippen molar-refractivity contribution in [3.05, 3.63) is 0 Å². The minimum absolute atomic E-state index is 0.0861. The van der Waals surface area contributed by atoms with Crippen LogP contribution in [-0.4, -0.2) is 127 Å². The van der Waals surface area contributed by atoms with Crippen molar-refractivity contribution in [3.8, 4) is 0 Å². The second-order valence-corrected chi connectivity index (χ2v) is 9.27. The van der Waals surface area contributed by atoms with Gasteiger partial charge in [0.15, 0.2) is 5.25 Å². The van der Waals surface area contributed by atoms with Crippen molar-refractivity contribution < 1.29 is 58.0 Å². The molecule has 1 fully saturated rings. The Balaban J connectivity index is 2.98. The molecule has 0 spiro atoms. The molecule has 0 aromatic rings. The Labute approximate surface area is 152 Å². The smallest absolute Gasteiger partial charge is 0.394 e. The molecular weight excluding hydrogens is 400 g/mol. The van der Waals surface area contributed by atoms with Gasteiger partial charge in [0.25, 0.3) is 0 Å². The summed E-state index contributed by atoms with van der Waals surface area (Å²) in [5.41, 5.74) is 0. The molecule has 1 rings (SSSR count). The topological polar surface area (TPSA) is 225 Å². The van der Waals surface area contributed by atoms with Crippen LogP contribution >= 0.6 is 0 Å². The van der Waals surface area contributed by atoms with E-state index in [9.17, 15) is 39.1 Å². The van der Waals surface area contributed by atoms with E-state index >= 15 is 0 Å². The van der Waals surface area contributed by atoms with Crippen LogP contribution in [-0.2, 0) is 25.5 Å². The number of rotatable bonds is 10. The average molecular weight is 425 g/mol. The van der Waals surface area contributed by atoms with E-state index in [4.69, 9.17) is 14.8 Å². The van der Waals surface area contributed by atoms with E-state index in [1.165, 1.54) is 0 Å². The summed E-state index contributed by atoms with van der Waals surface area (Å²) in [5.74, 6) is -0.484. The quantitative estimate of drug-likeness (QED) is 0.118. The summed E-state index contributed by atoms with van der Waals surface area (Å²) in [5, 5.41) is 75.9. The molecule has 26 heavy (non-hydrogen) atoms. The summed E-state index contributed by atoms with van der Waals surface area (Å²) in [6.07, 6.45) is -12.0. The van der Waals surface area contributed by atoms with Gasteiger partial charge in [-0.2, -0.15) is 8.42 Å². The molecular formula is C12H25O12S2+. The molecule has 14 heteroatoms. The van der Waals surface area contributed by atoms with Gasteiger partial charge in [-0.3, -0.25) is 4.55 Å². The fourth-order valence-corrected chi connectivity index (χ4v) is 6.18. The van der Waals surface area contributed by atoms with E-state index in [0.29, 0.717) is 0 Å². The molecule has 1 heterocycles. The van der Waals surface area contributed by atoms with Gasteiger partial charge < -0.3 is 40.9 Å². The number of hydrogen-bond acceptors (Lipinski definition) is 11. The SMILES string of the molecule is O=S(=O)(O)O[C@@H]([C@H](O)[C@H](O)CO)[C@@H](O)C[S+]1C[C@@H](O)[C@@H](O)[C@@H]1[C@H](O)CO. The maximum atomic E-state index is 10.9. The normalized spacial score (nSPS) is 32.8. The third-order valence-corrected chi connectivity index (χ3v) is 7.35. The van der Waals surface area contributed by atoms with Gasteiger partial charge in [0, 0.05) is 10.9 Å². The Kier molecular flexibility index (Phi) is 9.12. The van der Waals surface area contributed by atoms with Crippen LogP contribution in [0.5, 0.6) is 0 Å². The Hall–Kier alpha value is -0.100. The molecule has 0 aliphatic carbocycles. The molecule has 0 radical (unpaired) electrons. The Morgan fingerprint density at radius 3 is 2.08 bits per heavy atom. The predicted octanol–water partition coefficient (Wildman–Crippen LogP) is -5.68. The highest BCUT2D eigenvalue weighted by molar-refractivity contribution is 7.97. The summed E-state index contributed by atoms with van der Waals surface area (Å²) in [4.78, 5) is 0. The van der Waals surface area contributed by atoms with E-state index < -0.39 is 88.2 Å².